The maximum absolute atomic E-state index is 13.2. The Balaban J connectivity index is 1.30. The minimum atomic E-state index is -0.0872. The van der Waals surface area contributed by atoms with Crippen LogP contribution in [0.25, 0.3) is 10.9 Å². The highest BCUT2D eigenvalue weighted by Crippen LogP contribution is 2.33. The smallest absolute Gasteiger partial charge is 0.252 e. The van der Waals surface area contributed by atoms with E-state index < -0.39 is 0 Å². The molecule has 10 nitrogen and oxygen atoms in total. The third-order valence-corrected chi connectivity index (χ3v) is 7.24. The Bertz CT molecular complexity index is 1490. The highest BCUT2D eigenvalue weighted by Gasteiger charge is 2.22. The maximum atomic E-state index is 13.2. The number of hydrogen-bond acceptors (Lipinski definition) is 8. The second kappa shape index (κ2) is 9.95. The fourth-order valence-corrected chi connectivity index (χ4v) is 5.05. The summed E-state index contributed by atoms with van der Waals surface area (Å²) >= 11 is 0. The second-order valence-corrected chi connectivity index (χ2v) is 9.84. The zero-order chi connectivity index (χ0) is 25.4. The Kier molecular flexibility index (Phi) is 6.35. The van der Waals surface area contributed by atoms with Crippen molar-refractivity contribution in [1.29, 1.82) is 0 Å². The number of nitrogens with one attached hydrogen (secondary N) is 1. The van der Waals surface area contributed by atoms with Crippen LogP contribution in [0.3, 0.4) is 0 Å². The molecule has 0 unspecified atom stereocenters. The third kappa shape index (κ3) is 4.94. The van der Waals surface area contributed by atoms with Crippen molar-refractivity contribution in [2.24, 2.45) is 0 Å². The molecule has 0 saturated carbocycles. The summed E-state index contributed by atoms with van der Waals surface area (Å²) in [6.07, 6.45) is 2.19. The van der Waals surface area contributed by atoms with Crippen LogP contribution >= 0.6 is 0 Å². The molecule has 0 amide bonds. The number of benzene rings is 2. The number of H-pyrrole nitrogens is 1. The maximum Gasteiger partial charge on any atom is 0.252 e. The molecule has 4 heterocycles. The summed E-state index contributed by atoms with van der Waals surface area (Å²) in [6, 6.07) is 12.1. The van der Waals surface area contributed by atoms with E-state index in [1.807, 2.05) is 35.9 Å². The van der Waals surface area contributed by atoms with Crippen LogP contribution in [0.2, 0.25) is 0 Å². The van der Waals surface area contributed by atoms with Gasteiger partial charge in [0, 0.05) is 25.3 Å². The lowest BCUT2D eigenvalue weighted by Gasteiger charge is -2.22. The number of ether oxygens (including phenoxy) is 3. The topological polar surface area (TPSA) is 107 Å². The van der Waals surface area contributed by atoms with Crippen molar-refractivity contribution in [2.45, 2.75) is 59.0 Å². The number of pyridine rings is 1. The largest absolute Gasteiger partial charge is 0.454 e. The number of aryl methyl sites for hydroxylation is 2. The summed E-state index contributed by atoms with van der Waals surface area (Å²) in [5.41, 5.74) is 4.78. The van der Waals surface area contributed by atoms with Crippen LogP contribution in [-0.4, -0.2) is 49.6 Å². The first-order chi connectivity index (χ1) is 18.0. The van der Waals surface area contributed by atoms with Gasteiger partial charge in [-0.25, -0.2) is 4.68 Å². The van der Waals surface area contributed by atoms with Crippen LogP contribution in [0.1, 0.15) is 40.9 Å². The Morgan fingerprint density at radius 3 is 2.84 bits per heavy atom. The van der Waals surface area contributed by atoms with Crippen LogP contribution < -0.4 is 15.0 Å². The van der Waals surface area contributed by atoms with Crippen LogP contribution in [0.15, 0.2) is 41.2 Å². The van der Waals surface area contributed by atoms with Crippen LogP contribution in [0.5, 0.6) is 11.5 Å². The molecule has 0 radical (unpaired) electrons. The molecule has 1 atom stereocenters. The van der Waals surface area contributed by atoms with Crippen molar-refractivity contribution in [3.05, 3.63) is 74.8 Å². The zero-order valence-corrected chi connectivity index (χ0v) is 21.1. The number of aromatic amines is 1. The van der Waals surface area contributed by atoms with Crippen LogP contribution in [-0.2, 0) is 30.9 Å². The van der Waals surface area contributed by atoms with Gasteiger partial charge in [0.2, 0.25) is 6.79 Å². The summed E-state index contributed by atoms with van der Waals surface area (Å²) in [5.74, 6) is 2.21. The Labute approximate surface area is 214 Å². The van der Waals surface area contributed by atoms with Crippen molar-refractivity contribution in [3.63, 3.8) is 0 Å². The second-order valence-electron chi connectivity index (χ2n) is 9.84. The van der Waals surface area contributed by atoms with Gasteiger partial charge < -0.3 is 19.2 Å². The lowest BCUT2D eigenvalue weighted by atomic mass is 10.0. The Hall–Kier alpha value is -3.76. The number of aromatic nitrogens is 5. The zero-order valence-electron chi connectivity index (χ0n) is 21.1. The summed E-state index contributed by atoms with van der Waals surface area (Å²) in [7, 11) is 0. The average Bonchev–Trinajstić information content (AvgIpc) is 3.66. The molecule has 0 spiro atoms. The molecule has 10 heteroatoms. The van der Waals surface area contributed by atoms with E-state index in [2.05, 4.69) is 44.5 Å². The third-order valence-electron chi connectivity index (χ3n) is 7.24. The van der Waals surface area contributed by atoms with Crippen molar-refractivity contribution >= 4 is 10.9 Å². The fourth-order valence-electron chi connectivity index (χ4n) is 5.05. The molecule has 1 fully saturated rings. The lowest BCUT2D eigenvalue weighted by molar-refractivity contribution is 0.0914. The average molecular weight is 503 g/mol. The number of fused-ring (bicyclic) bond motifs is 2. The summed E-state index contributed by atoms with van der Waals surface area (Å²) in [4.78, 5) is 18.4. The van der Waals surface area contributed by atoms with Gasteiger partial charge in [-0.05, 0) is 77.4 Å². The van der Waals surface area contributed by atoms with Gasteiger partial charge in [0.15, 0.2) is 17.3 Å². The number of rotatable bonds is 8. The van der Waals surface area contributed by atoms with Gasteiger partial charge in [-0.2, -0.15) is 0 Å². The van der Waals surface area contributed by atoms with E-state index in [1.165, 1.54) is 0 Å². The molecule has 2 aromatic carbocycles. The SMILES string of the molecule is Cc1ccc2cc(CN(Cc3ccc4c(c3)OCO4)Cc3nnnn3C[C@H]3CCCO3)c(=O)[nH]c2c1C. The number of tetrazole rings is 1. The molecule has 0 aliphatic carbocycles. The van der Waals surface area contributed by atoms with E-state index in [1.54, 1.807) is 0 Å². The Morgan fingerprint density at radius 1 is 1.08 bits per heavy atom. The molecular weight excluding hydrogens is 472 g/mol. The predicted molar refractivity (Wildman–Crippen MR) is 136 cm³/mol. The number of nitrogens with zero attached hydrogens (tertiary/aromatic N) is 5. The lowest BCUT2D eigenvalue weighted by Crippen LogP contribution is -2.29. The highest BCUT2D eigenvalue weighted by atomic mass is 16.7. The van der Waals surface area contributed by atoms with Gasteiger partial charge >= 0.3 is 0 Å². The normalized spacial score (nSPS) is 16.8. The van der Waals surface area contributed by atoms with E-state index in [0.29, 0.717) is 31.7 Å². The first-order valence-electron chi connectivity index (χ1n) is 12.6. The minimum Gasteiger partial charge on any atom is -0.454 e. The molecule has 2 aliphatic heterocycles. The number of hydrogen-bond donors (Lipinski definition) is 1. The van der Waals surface area contributed by atoms with E-state index >= 15 is 0 Å². The minimum absolute atomic E-state index is 0.0872. The van der Waals surface area contributed by atoms with Gasteiger partial charge in [0.1, 0.15) is 0 Å². The van der Waals surface area contributed by atoms with Crippen molar-refractivity contribution in [1.82, 2.24) is 30.1 Å². The standard InChI is InChI=1S/C27H30N6O4/c1-17-5-7-20-11-21(27(34)28-26(20)18(17)2)13-32(12-19-6-8-23-24(10-19)37-16-36-23)15-25-29-30-31-33(25)14-22-4-3-9-35-22/h5-8,10-11,22H,3-4,9,12-16H2,1-2H3,(H,28,34)/t22-/m1/s1. The van der Waals surface area contributed by atoms with Crippen LogP contribution in [0, 0.1) is 13.8 Å². The molecule has 6 rings (SSSR count). The van der Waals surface area contributed by atoms with E-state index in [9.17, 15) is 4.79 Å². The molecule has 37 heavy (non-hydrogen) atoms. The predicted octanol–water partition coefficient (Wildman–Crippen LogP) is 3.24. The molecule has 192 valence electrons. The fraction of sp³-hybridized carbons (Fsp3) is 0.407. The van der Waals surface area contributed by atoms with Crippen molar-refractivity contribution in [2.75, 3.05) is 13.4 Å². The highest BCUT2D eigenvalue weighted by molar-refractivity contribution is 5.83. The summed E-state index contributed by atoms with van der Waals surface area (Å²) < 4.78 is 18.7. The molecule has 1 saturated heterocycles. The first-order valence-corrected chi connectivity index (χ1v) is 12.6. The van der Waals surface area contributed by atoms with Gasteiger partial charge in [-0.1, -0.05) is 18.2 Å². The van der Waals surface area contributed by atoms with E-state index in [-0.39, 0.29) is 18.5 Å². The van der Waals surface area contributed by atoms with E-state index in [4.69, 9.17) is 14.2 Å². The molecule has 2 aliphatic rings. The molecule has 1 N–H and O–H groups in total. The monoisotopic (exact) mass is 502 g/mol. The van der Waals surface area contributed by atoms with Gasteiger partial charge in [-0.15, -0.1) is 5.10 Å². The van der Waals surface area contributed by atoms with E-state index in [0.717, 1.165) is 64.4 Å². The van der Waals surface area contributed by atoms with Crippen molar-refractivity contribution < 1.29 is 14.2 Å². The van der Waals surface area contributed by atoms with Gasteiger partial charge in [-0.3, -0.25) is 9.69 Å². The van der Waals surface area contributed by atoms with Crippen molar-refractivity contribution in [3.8, 4) is 11.5 Å². The molecule has 0 bridgehead atoms. The first kappa shape index (κ1) is 23.6. The van der Waals surface area contributed by atoms with Gasteiger partial charge in [0.25, 0.3) is 5.56 Å². The molecular formula is C27H30N6O4. The quantitative estimate of drug-likeness (QED) is 0.391. The van der Waals surface area contributed by atoms with Crippen LogP contribution in [0.4, 0.5) is 0 Å². The summed E-state index contributed by atoms with van der Waals surface area (Å²) in [6.45, 7) is 7.19. The molecule has 4 aromatic rings. The van der Waals surface area contributed by atoms with Gasteiger partial charge in [0.05, 0.1) is 24.7 Å². The molecule has 2 aromatic heterocycles. The summed E-state index contributed by atoms with van der Waals surface area (Å²) in [5, 5.41) is 13.5. The Morgan fingerprint density at radius 2 is 1.97 bits per heavy atom.